The van der Waals surface area contributed by atoms with Crippen molar-refractivity contribution in [2.75, 3.05) is 10.8 Å². The van der Waals surface area contributed by atoms with Crippen molar-refractivity contribution in [3.05, 3.63) is 24.3 Å². The van der Waals surface area contributed by atoms with E-state index >= 15 is 0 Å². The van der Waals surface area contributed by atoms with Gasteiger partial charge in [0.05, 0.1) is 17.5 Å². The number of amides is 2. The Bertz CT molecular complexity index is 650. The number of urea groups is 1. The molecule has 1 aromatic rings. The lowest BCUT2D eigenvalue weighted by Gasteiger charge is -2.39. The number of ether oxygens (including phenoxy) is 1. The Morgan fingerprint density at radius 2 is 1.81 bits per heavy atom. The van der Waals surface area contributed by atoms with Crippen molar-refractivity contribution in [1.29, 1.82) is 0 Å². The first-order valence-electron chi connectivity index (χ1n) is 9.22. The van der Waals surface area contributed by atoms with E-state index in [9.17, 15) is 4.79 Å². The third-order valence-electron chi connectivity index (χ3n) is 3.95. The van der Waals surface area contributed by atoms with Crippen LogP contribution in [0.2, 0.25) is 0 Å². The van der Waals surface area contributed by atoms with Crippen LogP contribution in [0.15, 0.2) is 29.3 Å². The molecule has 0 spiro atoms. The second kappa shape index (κ2) is 8.33. The molecule has 6 heteroatoms. The maximum absolute atomic E-state index is 13.2. The molecule has 1 atom stereocenters. The van der Waals surface area contributed by atoms with Gasteiger partial charge in [0, 0.05) is 11.7 Å². The molecule has 1 saturated heterocycles. The lowest BCUT2D eigenvalue weighted by atomic mass is 10.1. The fourth-order valence-electron chi connectivity index (χ4n) is 2.55. The van der Waals surface area contributed by atoms with Crippen molar-refractivity contribution in [3.63, 3.8) is 0 Å². The average molecular weight is 378 g/mol. The van der Waals surface area contributed by atoms with Crippen molar-refractivity contribution >= 4 is 28.6 Å². The Kier molecular flexibility index (Phi) is 6.61. The van der Waals surface area contributed by atoms with Crippen LogP contribution in [-0.2, 0) is 0 Å². The molecule has 2 rings (SSSR count). The molecule has 1 aliphatic heterocycles. The molecule has 0 radical (unpaired) electrons. The molecule has 0 N–H and O–H groups in total. The molecule has 1 aliphatic rings. The number of anilines is 1. The summed E-state index contributed by atoms with van der Waals surface area (Å²) in [6.45, 7) is 14.3. The van der Waals surface area contributed by atoms with Gasteiger partial charge >= 0.3 is 6.03 Å². The number of hydrogen-bond donors (Lipinski definition) is 0. The summed E-state index contributed by atoms with van der Waals surface area (Å²) < 4.78 is 5.69. The predicted molar refractivity (Wildman–Crippen MR) is 111 cm³/mol. The van der Waals surface area contributed by atoms with Gasteiger partial charge in [0.1, 0.15) is 5.75 Å². The fraction of sp³-hybridized carbons (Fsp3) is 0.600. The Morgan fingerprint density at radius 1 is 1.19 bits per heavy atom. The molecule has 0 aromatic heterocycles. The van der Waals surface area contributed by atoms with Crippen LogP contribution in [0.4, 0.5) is 10.5 Å². The molecule has 0 bridgehead atoms. The van der Waals surface area contributed by atoms with Gasteiger partial charge in [-0.15, -0.1) is 0 Å². The van der Waals surface area contributed by atoms with Gasteiger partial charge in [0.15, 0.2) is 5.17 Å². The van der Waals surface area contributed by atoms with Gasteiger partial charge in [0.25, 0.3) is 0 Å². The number of thioether (sulfide) groups is 1. The Labute approximate surface area is 161 Å². The topological polar surface area (TPSA) is 45.1 Å². The van der Waals surface area contributed by atoms with Crippen LogP contribution in [0.5, 0.6) is 5.75 Å². The number of carbonyl (C=O) groups excluding carboxylic acids is 1. The van der Waals surface area contributed by atoms with E-state index in [4.69, 9.17) is 9.73 Å². The molecule has 5 nitrogen and oxygen atoms in total. The molecule has 1 unspecified atom stereocenters. The van der Waals surface area contributed by atoms with E-state index in [1.165, 1.54) is 0 Å². The number of aliphatic imine (C=N–C) groups is 1. The Hall–Kier alpha value is -1.69. The molecular formula is C20H31N3O2S. The normalized spacial score (nSPS) is 18.6. The monoisotopic (exact) mass is 377 g/mol. The summed E-state index contributed by atoms with van der Waals surface area (Å²) in [5.41, 5.74) is 0.661. The van der Waals surface area contributed by atoms with E-state index < -0.39 is 0 Å². The van der Waals surface area contributed by atoms with Gasteiger partial charge < -0.3 is 4.74 Å². The number of amidine groups is 1. The van der Waals surface area contributed by atoms with Crippen LogP contribution >= 0.6 is 11.8 Å². The maximum Gasteiger partial charge on any atom is 0.331 e. The van der Waals surface area contributed by atoms with Gasteiger partial charge in [-0.05, 0) is 72.2 Å². The highest BCUT2D eigenvalue weighted by atomic mass is 32.2. The van der Waals surface area contributed by atoms with Crippen molar-refractivity contribution in [2.45, 2.75) is 72.6 Å². The largest absolute Gasteiger partial charge is 0.491 e. The molecule has 2 amide bonds. The zero-order valence-corrected chi connectivity index (χ0v) is 17.8. The van der Waals surface area contributed by atoms with Crippen LogP contribution in [-0.4, -0.2) is 39.7 Å². The standard InChI is InChI=1S/C20H31N3O2S/c1-8-15(4)23-18(21-20(5,6)7)26-13-22(19(23)24)16-9-11-17(12-10-16)25-14(2)3/h9-12,14-15H,8,13H2,1-7H3. The third kappa shape index (κ3) is 5.16. The number of hydrogen-bond acceptors (Lipinski definition) is 4. The minimum Gasteiger partial charge on any atom is -0.491 e. The van der Waals surface area contributed by atoms with Gasteiger partial charge in [-0.3, -0.25) is 14.8 Å². The summed E-state index contributed by atoms with van der Waals surface area (Å²) >= 11 is 1.61. The van der Waals surface area contributed by atoms with Gasteiger partial charge in [-0.2, -0.15) is 0 Å². The number of nitrogens with zero attached hydrogens (tertiary/aromatic N) is 3. The molecule has 1 aromatic carbocycles. The lowest BCUT2D eigenvalue weighted by Crippen LogP contribution is -2.54. The first-order chi connectivity index (χ1) is 12.1. The highest BCUT2D eigenvalue weighted by Gasteiger charge is 2.35. The Balaban J connectivity index is 2.27. The van der Waals surface area contributed by atoms with Crippen molar-refractivity contribution in [3.8, 4) is 5.75 Å². The van der Waals surface area contributed by atoms with E-state index in [1.807, 2.05) is 43.0 Å². The van der Waals surface area contributed by atoms with Crippen LogP contribution in [0.25, 0.3) is 0 Å². The zero-order valence-electron chi connectivity index (χ0n) is 16.9. The van der Waals surface area contributed by atoms with Crippen LogP contribution in [0.3, 0.4) is 0 Å². The van der Waals surface area contributed by atoms with E-state index in [0.29, 0.717) is 5.88 Å². The summed E-state index contributed by atoms with van der Waals surface area (Å²) in [7, 11) is 0. The smallest absolute Gasteiger partial charge is 0.331 e. The van der Waals surface area contributed by atoms with Gasteiger partial charge in [-0.25, -0.2) is 4.79 Å². The predicted octanol–water partition coefficient (Wildman–Crippen LogP) is 5.36. The van der Waals surface area contributed by atoms with Gasteiger partial charge in [0.2, 0.25) is 0 Å². The van der Waals surface area contributed by atoms with Crippen LogP contribution in [0, 0.1) is 0 Å². The third-order valence-corrected chi connectivity index (χ3v) is 4.88. The molecule has 0 saturated carbocycles. The van der Waals surface area contributed by atoms with E-state index in [1.54, 1.807) is 16.7 Å². The summed E-state index contributed by atoms with van der Waals surface area (Å²) in [5.74, 6) is 1.38. The average Bonchev–Trinajstić information content (AvgIpc) is 2.53. The number of benzene rings is 1. The van der Waals surface area contributed by atoms with Crippen LogP contribution in [0.1, 0.15) is 54.9 Å². The molecule has 1 heterocycles. The maximum atomic E-state index is 13.2. The van der Waals surface area contributed by atoms with Crippen molar-refractivity contribution < 1.29 is 9.53 Å². The molecule has 26 heavy (non-hydrogen) atoms. The number of carbonyl (C=O) groups is 1. The molecule has 0 aliphatic carbocycles. The summed E-state index contributed by atoms with van der Waals surface area (Å²) in [4.78, 5) is 21.6. The first-order valence-corrected chi connectivity index (χ1v) is 10.2. The highest BCUT2D eigenvalue weighted by molar-refractivity contribution is 8.14. The summed E-state index contributed by atoms with van der Waals surface area (Å²) in [6.07, 6.45) is 1.01. The first kappa shape index (κ1) is 20.6. The minimum absolute atomic E-state index is 0.0152. The van der Waals surface area contributed by atoms with Gasteiger partial charge in [-0.1, -0.05) is 18.7 Å². The van der Waals surface area contributed by atoms with E-state index in [0.717, 1.165) is 23.0 Å². The van der Waals surface area contributed by atoms with E-state index in [-0.39, 0.29) is 23.7 Å². The van der Waals surface area contributed by atoms with Crippen molar-refractivity contribution in [1.82, 2.24) is 4.90 Å². The SMILES string of the molecule is CCC(C)N1C(=O)N(c2ccc(OC(C)C)cc2)CSC1=NC(C)(C)C. The van der Waals surface area contributed by atoms with Crippen molar-refractivity contribution in [2.24, 2.45) is 4.99 Å². The zero-order chi connectivity index (χ0) is 19.5. The minimum atomic E-state index is -0.216. The fourth-order valence-corrected chi connectivity index (χ4v) is 3.79. The molecule has 1 fully saturated rings. The molecular weight excluding hydrogens is 346 g/mol. The number of rotatable bonds is 5. The summed E-state index contributed by atoms with van der Waals surface area (Å²) in [6, 6.07) is 7.80. The van der Waals surface area contributed by atoms with E-state index in [2.05, 4.69) is 34.6 Å². The quantitative estimate of drug-likeness (QED) is 0.694. The highest BCUT2D eigenvalue weighted by Crippen LogP contribution is 2.31. The summed E-state index contributed by atoms with van der Waals surface area (Å²) in [5, 5.41) is 0.813. The molecule has 144 valence electrons. The second-order valence-electron chi connectivity index (χ2n) is 7.84. The second-order valence-corrected chi connectivity index (χ2v) is 8.75. The Morgan fingerprint density at radius 3 is 2.31 bits per heavy atom. The lowest BCUT2D eigenvalue weighted by molar-refractivity contribution is 0.217. The van der Waals surface area contributed by atoms with Crippen LogP contribution < -0.4 is 9.64 Å².